The minimum atomic E-state index is -0.277. The Hall–Kier alpha value is -2.76. The molecule has 6 heteroatoms. The van der Waals surface area contributed by atoms with Crippen LogP contribution in [0.2, 0.25) is 0 Å². The van der Waals surface area contributed by atoms with Crippen molar-refractivity contribution in [1.29, 1.82) is 0 Å². The zero-order valence-corrected chi connectivity index (χ0v) is 17.3. The molecular formula is C24H29FN4O. The van der Waals surface area contributed by atoms with Crippen LogP contribution < -0.4 is 10.2 Å². The van der Waals surface area contributed by atoms with Crippen LogP contribution >= 0.6 is 0 Å². The number of amides is 1. The average molecular weight is 409 g/mol. The Kier molecular flexibility index (Phi) is 6.72. The van der Waals surface area contributed by atoms with E-state index in [0.717, 1.165) is 43.5 Å². The van der Waals surface area contributed by atoms with Crippen LogP contribution in [-0.4, -0.2) is 35.5 Å². The Bertz CT molecular complexity index is 896. The van der Waals surface area contributed by atoms with Crippen molar-refractivity contribution < 1.29 is 9.18 Å². The van der Waals surface area contributed by atoms with E-state index in [9.17, 15) is 9.18 Å². The van der Waals surface area contributed by atoms with E-state index in [1.807, 2.05) is 6.07 Å². The Labute approximate surface area is 177 Å². The van der Waals surface area contributed by atoms with E-state index in [0.29, 0.717) is 12.5 Å². The highest BCUT2D eigenvalue weighted by Crippen LogP contribution is 2.24. The fraction of sp³-hybridized carbons (Fsp3) is 0.458. The quantitative estimate of drug-likeness (QED) is 0.715. The van der Waals surface area contributed by atoms with Crippen LogP contribution in [0, 0.1) is 11.7 Å². The number of nitrogens with zero attached hydrogens (tertiary/aromatic N) is 3. The lowest BCUT2D eigenvalue weighted by atomic mass is 9.96. The van der Waals surface area contributed by atoms with Gasteiger partial charge in [-0.15, -0.1) is 0 Å². The maximum atomic E-state index is 13.4. The maximum Gasteiger partial charge on any atom is 0.225 e. The third-order valence-electron chi connectivity index (χ3n) is 6.00. The molecule has 2 heterocycles. The number of benzene rings is 1. The minimum Gasteiger partial charge on any atom is -0.355 e. The Balaban J connectivity index is 1.32. The fourth-order valence-electron chi connectivity index (χ4n) is 4.30. The van der Waals surface area contributed by atoms with Gasteiger partial charge in [-0.25, -0.2) is 14.4 Å². The largest absolute Gasteiger partial charge is 0.355 e. The molecule has 1 atom stereocenters. The molecule has 0 radical (unpaired) electrons. The number of nitrogens with one attached hydrogen (secondary N) is 1. The zero-order valence-electron chi connectivity index (χ0n) is 17.3. The highest BCUT2D eigenvalue weighted by Gasteiger charge is 2.27. The average Bonchev–Trinajstić information content (AvgIpc) is 2.80. The number of aromatic nitrogens is 2. The summed E-state index contributed by atoms with van der Waals surface area (Å²) in [4.78, 5) is 23.7. The fourth-order valence-corrected chi connectivity index (χ4v) is 4.30. The van der Waals surface area contributed by atoms with Gasteiger partial charge in [-0.05, 0) is 62.6 Å². The van der Waals surface area contributed by atoms with Gasteiger partial charge in [0, 0.05) is 37.6 Å². The van der Waals surface area contributed by atoms with Crippen molar-refractivity contribution in [3.63, 3.8) is 0 Å². The lowest BCUT2D eigenvalue weighted by Gasteiger charge is -2.32. The van der Waals surface area contributed by atoms with Gasteiger partial charge < -0.3 is 10.2 Å². The van der Waals surface area contributed by atoms with Gasteiger partial charge in [0.05, 0.1) is 5.92 Å². The number of hydrogen-bond acceptors (Lipinski definition) is 4. The van der Waals surface area contributed by atoms with Crippen LogP contribution in [0.15, 0.2) is 48.3 Å². The lowest BCUT2D eigenvalue weighted by Crippen LogP contribution is -2.44. The van der Waals surface area contributed by atoms with Crippen molar-refractivity contribution >= 4 is 11.9 Å². The van der Waals surface area contributed by atoms with Crippen molar-refractivity contribution in [2.75, 3.05) is 24.5 Å². The summed E-state index contributed by atoms with van der Waals surface area (Å²) < 4.78 is 13.4. The van der Waals surface area contributed by atoms with Crippen LogP contribution in [-0.2, 0) is 4.79 Å². The first-order chi connectivity index (χ1) is 14.7. The van der Waals surface area contributed by atoms with E-state index in [-0.39, 0.29) is 17.6 Å². The van der Waals surface area contributed by atoms with Crippen molar-refractivity contribution in [3.05, 3.63) is 54.1 Å². The normalized spacial score (nSPS) is 19.3. The number of allylic oxidation sites excluding steroid dienone is 1. The predicted octanol–water partition coefficient (Wildman–Crippen LogP) is 4.51. The summed E-state index contributed by atoms with van der Waals surface area (Å²) in [7, 11) is 0. The molecule has 1 aliphatic carbocycles. The van der Waals surface area contributed by atoms with Crippen molar-refractivity contribution in [3.8, 4) is 11.1 Å². The summed E-state index contributed by atoms with van der Waals surface area (Å²) in [5, 5.41) is 3.12. The number of rotatable bonds is 6. The van der Waals surface area contributed by atoms with Crippen LogP contribution in [0.5, 0.6) is 0 Å². The molecule has 0 bridgehead atoms. The van der Waals surface area contributed by atoms with Crippen molar-refractivity contribution in [1.82, 2.24) is 15.3 Å². The molecule has 5 nitrogen and oxygen atoms in total. The second-order valence-electron chi connectivity index (χ2n) is 8.22. The first kappa shape index (κ1) is 20.5. The van der Waals surface area contributed by atoms with Crippen molar-refractivity contribution in [2.45, 2.75) is 44.9 Å². The number of piperidine rings is 1. The second-order valence-corrected chi connectivity index (χ2v) is 8.22. The topological polar surface area (TPSA) is 58.1 Å². The smallest absolute Gasteiger partial charge is 0.225 e. The van der Waals surface area contributed by atoms with E-state index < -0.39 is 0 Å². The summed E-state index contributed by atoms with van der Waals surface area (Å²) in [6, 6.07) is 6.41. The van der Waals surface area contributed by atoms with Crippen LogP contribution in [0.25, 0.3) is 11.1 Å². The van der Waals surface area contributed by atoms with Gasteiger partial charge >= 0.3 is 0 Å². The molecular weight excluding hydrogens is 379 g/mol. The molecule has 0 unspecified atom stereocenters. The van der Waals surface area contributed by atoms with Gasteiger partial charge in [0.2, 0.25) is 11.9 Å². The molecule has 1 saturated heterocycles. The molecule has 0 spiro atoms. The minimum absolute atomic E-state index is 0.0365. The Morgan fingerprint density at radius 2 is 2.03 bits per heavy atom. The van der Waals surface area contributed by atoms with E-state index >= 15 is 0 Å². The summed E-state index contributed by atoms with van der Waals surface area (Å²) in [5.74, 6) is 0.444. The highest BCUT2D eigenvalue weighted by molar-refractivity contribution is 5.79. The third-order valence-corrected chi connectivity index (χ3v) is 6.00. The number of hydrogen-bond donors (Lipinski definition) is 1. The molecule has 1 fully saturated rings. The molecule has 1 aromatic carbocycles. The van der Waals surface area contributed by atoms with Gasteiger partial charge in [-0.3, -0.25) is 4.79 Å². The molecule has 1 N–H and O–H groups in total. The predicted molar refractivity (Wildman–Crippen MR) is 117 cm³/mol. The lowest BCUT2D eigenvalue weighted by molar-refractivity contribution is -0.125. The monoisotopic (exact) mass is 408 g/mol. The first-order valence-electron chi connectivity index (χ1n) is 11.0. The van der Waals surface area contributed by atoms with Crippen LogP contribution in [0.4, 0.5) is 10.3 Å². The summed E-state index contributed by atoms with van der Waals surface area (Å²) >= 11 is 0. The van der Waals surface area contributed by atoms with Crippen molar-refractivity contribution in [2.24, 2.45) is 5.92 Å². The molecule has 158 valence electrons. The molecule has 2 aliphatic rings. The summed E-state index contributed by atoms with van der Waals surface area (Å²) in [5.41, 5.74) is 3.02. The molecule has 30 heavy (non-hydrogen) atoms. The SMILES string of the molecule is O=C(NCCC1=CCCCC1)[C@@H]1CCCN(c2ncc(-c3cccc(F)c3)cn2)C1. The molecule has 1 aromatic heterocycles. The van der Waals surface area contributed by atoms with Gasteiger partial charge in [0.1, 0.15) is 5.82 Å². The molecule has 2 aromatic rings. The van der Waals surface area contributed by atoms with Crippen LogP contribution in [0.1, 0.15) is 44.9 Å². The Morgan fingerprint density at radius 3 is 2.80 bits per heavy atom. The molecule has 0 saturated carbocycles. The number of anilines is 1. The second kappa shape index (κ2) is 9.83. The highest BCUT2D eigenvalue weighted by atomic mass is 19.1. The summed E-state index contributed by atoms with van der Waals surface area (Å²) in [6.45, 7) is 2.20. The van der Waals surface area contributed by atoms with Gasteiger partial charge in [0.25, 0.3) is 0 Å². The van der Waals surface area contributed by atoms with E-state index in [1.54, 1.807) is 18.5 Å². The van der Waals surface area contributed by atoms with E-state index in [1.165, 1.54) is 43.4 Å². The van der Waals surface area contributed by atoms with Gasteiger partial charge in [-0.1, -0.05) is 23.8 Å². The molecule has 1 aliphatic heterocycles. The third kappa shape index (κ3) is 5.23. The van der Waals surface area contributed by atoms with Gasteiger partial charge in [0.15, 0.2) is 0 Å². The molecule has 4 rings (SSSR count). The number of carbonyl (C=O) groups excluding carboxylic acids is 1. The number of halogens is 1. The molecule has 1 amide bonds. The summed E-state index contributed by atoms with van der Waals surface area (Å²) in [6.07, 6.45) is 13.5. The van der Waals surface area contributed by atoms with Gasteiger partial charge in [-0.2, -0.15) is 0 Å². The van der Waals surface area contributed by atoms with E-state index in [2.05, 4.69) is 26.3 Å². The maximum absolute atomic E-state index is 13.4. The van der Waals surface area contributed by atoms with E-state index in [4.69, 9.17) is 0 Å². The standard InChI is InChI=1S/C24H29FN4O/c25-22-10-4-8-19(14-22)21-15-27-24(28-16-21)29-13-5-9-20(17-29)23(30)26-12-11-18-6-2-1-3-7-18/h4,6,8,10,14-16,20H,1-3,5,7,9,11-13,17H2,(H,26,30)/t20-/m1/s1. The Morgan fingerprint density at radius 1 is 1.17 bits per heavy atom. The number of carbonyl (C=O) groups is 1. The van der Waals surface area contributed by atoms with Crippen LogP contribution in [0.3, 0.4) is 0 Å². The first-order valence-corrected chi connectivity index (χ1v) is 11.0. The zero-order chi connectivity index (χ0) is 20.8.